The van der Waals surface area contributed by atoms with E-state index in [-0.39, 0.29) is 12.0 Å². The fraction of sp³-hybridized carbons (Fsp3) is 0.417. The molecule has 2 aliphatic heterocycles. The Bertz CT molecular complexity index is 905. The number of quaternary nitrogens is 1. The van der Waals surface area contributed by atoms with Gasteiger partial charge in [0.15, 0.2) is 0 Å². The van der Waals surface area contributed by atoms with Crippen LogP contribution >= 0.6 is 0 Å². The molecular formula is C24H30N3O3+. The van der Waals surface area contributed by atoms with Gasteiger partial charge in [0.1, 0.15) is 24.1 Å². The number of hydrogen-bond donors (Lipinski definition) is 1. The predicted molar refractivity (Wildman–Crippen MR) is 116 cm³/mol. The Morgan fingerprint density at radius 3 is 2.80 bits per heavy atom. The standard InChI is InChI=1S/C24H29N3O3/c1-3-29-22-16-21-14-18(2)30-23(21)15-20(22)4-5-24(28)27-12-10-26(11-13-27)17-19-6-8-25-9-7-19/h4-9,15-16,18H,3,10-14,17H2,1-2H3/p+1/b5-4+/t18-/m0/s1. The highest BCUT2D eigenvalue weighted by Crippen LogP contribution is 2.35. The van der Waals surface area contributed by atoms with Crippen molar-refractivity contribution in [2.75, 3.05) is 32.8 Å². The molecule has 4 rings (SSSR count). The van der Waals surface area contributed by atoms with Crippen LogP contribution in [0.5, 0.6) is 11.5 Å². The summed E-state index contributed by atoms with van der Waals surface area (Å²) in [7, 11) is 0. The summed E-state index contributed by atoms with van der Waals surface area (Å²) in [6, 6.07) is 8.16. The van der Waals surface area contributed by atoms with Crippen LogP contribution in [-0.4, -0.2) is 54.7 Å². The van der Waals surface area contributed by atoms with Gasteiger partial charge in [0.25, 0.3) is 0 Å². The van der Waals surface area contributed by atoms with Gasteiger partial charge >= 0.3 is 0 Å². The fourth-order valence-corrected chi connectivity index (χ4v) is 4.14. The van der Waals surface area contributed by atoms with E-state index in [1.54, 1.807) is 6.08 Å². The molecule has 0 bridgehead atoms. The molecule has 1 N–H and O–H groups in total. The van der Waals surface area contributed by atoms with Crippen LogP contribution in [0.4, 0.5) is 0 Å². The minimum atomic E-state index is 0.0511. The number of amides is 1. The summed E-state index contributed by atoms with van der Waals surface area (Å²) in [5.41, 5.74) is 3.35. The number of aromatic nitrogens is 1. The highest BCUT2D eigenvalue weighted by atomic mass is 16.5. The van der Waals surface area contributed by atoms with Crippen molar-refractivity contribution in [3.05, 3.63) is 59.4 Å². The lowest BCUT2D eigenvalue weighted by atomic mass is 10.1. The summed E-state index contributed by atoms with van der Waals surface area (Å²) >= 11 is 0. The number of carbonyl (C=O) groups excluding carboxylic acids is 1. The van der Waals surface area contributed by atoms with Gasteiger partial charge in [0.05, 0.1) is 32.8 Å². The van der Waals surface area contributed by atoms with Crippen LogP contribution in [0.2, 0.25) is 0 Å². The van der Waals surface area contributed by atoms with E-state index in [1.165, 1.54) is 16.0 Å². The molecule has 6 heteroatoms. The number of piperazine rings is 1. The van der Waals surface area contributed by atoms with Crippen molar-refractivity contribution in [3.63, 3.8) is 0 Å². The van der Waals surface area contributed by atoms with Crippen molar-refractivity contribution < 1.29 is 19.2 Å². The number of nitrogens with one attached hydrogen (secondary N) is 1. The lowest BCUT2D eigenvalue weighted by molar-refractivity contribution is -0.917. The summed E-state index contributed by atoms with van der Waals surface area (Å²) in [6.45, 7) is 9.05. The van der Waals surface area contributed by atoms with Crippen molar-refractivity contribution in [2.24, 2.45) is 0 Å². The Kier molecular flexibility index (Phi) is 6.33. The molecule has 158 valence electrons. The molecule has 1 amide bonds. The van der Waals surface area contributed by atoms with Crippen LogP contribution in [0.3, 0.4) is 0 Å². The van der Waals surface area contributed by atoms with E-state index in [1.807, 2.05) is 42.4 Å². The zero-order chi connectivity index (χ0) is 20.9. The van der Waals surface area contributed by atoms with Gasteiger partial charge in [-0.3, -0.25) is 9.78 Å². The van der Waals surface area contributed by atoms with E-state index < -0.39 is 0 Å². The number of ether oxygens (including phenoxy) is 2. The largest absolute Gasteiger partial charge is 0.493 e. The minimum Gasteiger partial charge on any atom is -0.493 e. The Morgan fingerprint density at radius 2 is 2.07 bits per heavy atom. The second-order valence-corrected chi connectivity index (χ2v) is 8.00. The molecule has 0 unspecified atom stereocenters. The predicted octanol–water partition coefficient (Wildman–Crippen LogP) is 1.74. The summed E-state index contributed by atoms with van der Waals surface area (Å²) in [5.74, 6) is 1.76. The summed E-state index contributed by atoms with van der Waals surface area (Å²) < 4.78 is 11.7. The van der Waals surface area contributed by atoms with E-state index >= 15 is 0 Å². The molecule has 2 aliphatic rings. The van der Waals surface area contributed by atoms with Gasteiger partial charge in [-0.25, -0.2) is 0 Å². The maximum absolute atomic E-state index is 12.7. The normalized spacial score (nSPS) is 19.0. The summed E-state index contributed by atoms with van der Waals surface area (Å²) in [6.07, 6.45) is 8.26. The molecule has 1 aromatic heterocycles. The summed E-state index contributed by atoms with van der Waals surface area (Å²) in [5, 5.41) is 0. The van der Waals surface area contributed by atoms with Crippen LogP contribution in [0.15, 0.2) is 42.7 Å². The van der Waals surface area contributed by atoms with E-state index in [0.717, 1.165) is 56.2 Å². The fourth-order valence-electron chi connectivity index (χ4n) is 4.14. The number of benzene rings is 1. The molecule has 1 atom stereocenters. The van der Waals surface area contributed by atoms with Crippen molar-refractivity contribution in [1.29, 1.82) is 0 Å². The number of hydrogen-bond acceptors (Lipinski definition) is 4. The molecule has 0 saturated carbocycles. The maximum atomic E-state index is 12.7. The van der Waals surface area contributed by atoms with E-state index in [9.17, 15) is 4.79 Å². The number of fused-ring (bicyclic) bond motifs is 1. The second kappa shape index (κ2) is 9.30. The number of pyridine rings is 1. The summed E-state index contributed by atoms with van der Waals surface area (Å²) in [4.78, 5) is 20.2. The zero-order valence-corrected chi connectivity index (χ0v) is 17.8. The highest BCUT2D eigenvalue weighted by Gasteiger charge is 2.23. The van der Waals surface area contributed by atoms with Crippen LogP contribution in [0.25, 0.3) is 6.08 Å². The van der Waals surface area contributed by atoms with Gasteiger partial charge in [-0.15, -0.1) is 0 Å². The average molecular weight is 409 g/mol. The minimum absolute atomic E-state index is 0.0511. The third-order valence-electron chi connectivity index (χ3n) is 5.72. The van der Waals surface area contributed by atoms with E-state index in [0.29, 0.717) is 6.61 Å². The van der Waals surface area contributed by atoms with Gasteiger partial charge in [-0.05, 0) is 44.2 Å². The topological polar surface area (TPSA) is 56.1 Å². The van der Waals surface area contributed by atoms with Crippen molar-refractivity contribution in [3.8, 4) is 11.5 Å². The molecule has 30 heavy (non-hydrogen) atoms. The monoisotopic (exact) mass is 408 g/mol. The quantitative estimate of drug-likeness (QED) is 0.740. The molecule has 1 saturated heterocycles. The zero-order valence-electron chi connectivity index (χ0n) is 17.8. The smallest absolute Gasteiger partial charge is 0.246 e. The number of carbonyl (C=O) groups is 1. The number of nitrogens with zero attached hydrogens (tertiary/aromatic N) is 2. The first-order valence-corrected chi connectivity index (χ1v) is 10.8. The average Bonchev–Trinajstić information content (AvgIpc) is 3.12. The van der Waals surface area contributed by atoms with E-state index in [4.69, 9.17) is 9.47 Å². The Labute approximate surface area is 178 Å². The molecule has 0 radical (unpaired) electrons. The molecule has 3 heterocycles. The first-order chi connectivity index (χ1) is 14.6. The van der Waals surface area contributed by atoms with Gasteiger partial charge in [-0.2, -0.15) is 0 Å². The SMILES string of the molecule is CCOc1cc2c(cc1/C=C/C(=O)N1CC[NH+](Cc3ccncc3)CC1)O[C@@H](C)C2. The van der Waals surface area contributed by atoms with Crippen LogP contribution in [0.1, 0.15) is 30.5 Å². The van der Waals surface area contributed by atoms with Crippen molar-refractivity contribution >= 4 is 12.0 Å². The molecule has 1 aromatic carbocycles. The Morgan fingerprint density at radius 1 is 1.30 bits per heavy atom. The number of rotatable bonds is 6. The highest BCUT2D eigenvalue weighted by molar-refractivity contribution is 5.92. The third kappa shape index (κ3) is 4.82. The lowest BCUT2D eigenvalue weighted by Crippen LogP contribution is -3.13. The van der Waals surface area contributed by atoms with E-state index in [2.05, 4.69) is 24.0 Å². The molecule has 0 aliphatic carbocycles. The molecule has 0 spiro atoms. The lowest BCUT2D eigenvalue weighted by Gasteiger charge is -2.31. The Balaban J connectivity index is 1.37. The van der Waals surface area contributed by atoms with Gasteiger partial charge in [0.2, 0.25) is 5.91 Å². The maximum Gasteiger partial charge on any atom is 0.246 e. The Hall–Kier alpha value is -2.86. The first-order valence-electron chi connectivity index (χ1n) is 10.8. The molecular weight excluding hydrogens is 378 g/mol. The van der Waals surface area contributed by atoms with Crippen molar-refractivity contribution in [2.45, 2.75) is 32.9 Å². The molecule has 1 fully saturated rings. The first kappa shape index (κ1) is 20.4. The van der Waals surface area contributed by atoms with Gasteiger partial charge < -0.3 is 19.3 Å². The van der Waals surface area contributed by atoms with Crippen LogP contribution < -0.4 is 14.4 Å². The molecule has 6 nitrogen and oxygen atoms in total. The van der Waals surface area contributed by atoms with Crippen LogP contribution in [-0.2, 0) is 17.8 Å². The third-order valence-corrected chi connectivity index (χ3v) is 5.72. The van der Waals surface area contributed by atoms with Gasteiger partial charge in [0, 0.05) is 41.6 Å². The second-order valence-electron chi connectivity index (χ2n) is 8.00. The van der Waals surface area contributed by atoms with Gasteiger partial charge in [-0.1, -0.05) is 0 Å². The van der Waals surface area contributed by atoms with Crippen molar-refractivity contribution in [1.82, 2.24) is 9.88 Å². The van der Waals surface area contributed by atoms with Crippen LogP contribution in [0, 0.1) is 0 Å². The molecule has 2 aromatic rings.